The topological polar surface area (TPSA) is 0 Å². The Bertz CT molecular complexity index is 22.0. The van der Waals surface area contributed by atoms with Gasteiger partial charge in [-0.15, -0.1) is 0 Å². The summed E-state index contributed by atoms with van der Waals surface area (Å²) >= 11 is 0. The van der Waals surface area contributed by atoms with E-state index in [4.69, 9.17) is 0 Å². The summed E-state index contributed by atoms with van der Waals surface area (Å²) in [5, 5.41) is 0. The molecule has 0 saturated heterocycles. The number of rotatable bonds is 0. The summed E-state index contributed by atoms with van der Waals surface area (Å²) in [6.45, 7) is 0. The van der Waals surface area contributed by atoms with Crippen LogP contribution in [0.5, 0.6) is 0 Å². The van der Waals surface area contributed by atoms with E-state index in [1.54, 1.807) is 0 Å². The van der Waals surface area contributed by atoms with Crippen molar-refractivity contribution in [3.63, 3.8) is 0 Å². The maximum Gasteiger partial charge on any atom is 2.00 e. The summed E-state index contributed by atoms with van der Waals surface area (Å²) < 4.78 is 0. The molecule has 0 N–H and O–H groups in total. The van der Waals surface area contributed by atoms with Gasteiger partial charge in [-0.3, -0.25) is 0 Å². The van der Waals surface area contributed by atoms with Crippen LogP contribution in [-0.2, 0) is 60.6 Å². The van der Waals surface area contributed by atoms with Crippen LogP contribution >= 0.6 is 0 Å². The Morgan fingerprint density at radius 1 is 1.17 bits per heavy atom. The fourth-order valence-electron chi connectivity index (χ4n) is 0. The molecule has 0 unspecified atom stereocenters. The molecule has 0 heterocycles. The van der Waals surface area contributed by atoms with Gasteiger partial charge in [-0.05, 0) is 11.0 Å². The van der Waals surface area contributed by atoms with Crippen LogP contribution in [0.25, 0.3) is 0 Å². The van der Waals surface area contributed by atoms with Crippen LogP contribution in [-0.4, -0.2) is 51.4 Å². The van der Waals surface area contributed by atoms with E-state index in [9.17, 15) is 0 Å². The second-order valence-corrected chi connectivity index (χ2v) is 0. The van der Waals surface area contributed by atoms with Crippen molar-refractivity contribution in [3.05, 3.63) is 0 Å². The first-order chi connectivity index (χ1) is 0. The van der Waals surface area contributed by atoms with E-state index < -0.39 is 0 Å². The van der Waals surface area contributed by atoms with Crippen molar-refractivity contribution in [2.75, 3.05) is 0 Å². The molecule has 0 aliphatic heterocycles. The summed E-state index contributed by atoms with van der Waals surface area (Å²) in [5.41, 5.74) is 0. The van der Waals surface area contributed by atoms with Crippen LogP contribution in [0.15, 0.2) is 0 Å². The minimum atomic E-state index is 0. The molecular formula is H8AlCrFeMgSiZr. The molecule has 0 bridgehead atoms. The predicted molar refractivity (Wildman–Crippen MR) is 27.9 cm³/mol. The zero-order valence-electron chi connectivity index (χ0n) is 4.97. The Morgan fingerprint density at radius 2 is 1.17 bits per heavy atom. The van der Waals surface area contributed by atoms with E-state index >= 15 is 0 Å². The van der Waals surface area contributed by atoms with Crippen molar-refractivity contribution in [2.24, 2.45) is 0 Å². The van der Waals surface area contributed by atoms with Crippen molar-refractivity contribution in [1.82, 2.24) is 0 Å². The van der Waals surface area contributed by atoms with Crippen LogP contribution in [0.3, 0.4) is 0 Å². The van der Waals surface area contributed by atoms with Crippen molar-refractivity contribution in [3.8, 4) is 0 Å². The largest absolute Gasteiger partial charge is 2.00 e. The van der Waals surface area contributed by atoms with Crippen LogP contribution < -0.4 is 0 Å². The van der Waals surface area contributed by atoms with Crippen LogP contribution in [0.4, 0.5) is 0 Å². The summed E-state index contributed by atoms with van der Waals surface area (Å²) in [4.78, 5) is 0. The average molecular weight is 287 g/mol. The minimum Gasteiger partial charge on any atom is -1.00 e. The summed E-state index contributed by atoms with van der Waals surface area (Å²) in [6, 6.07) is 0. The molecular weight excluding hydrogens is 278 g/mol. The zero-order chi connectivity index (χ0) is 0. The first kappa shape index (κ1) is 56.7. The van der Waals surface area contributed by atoms with Gasteiger partial charge in [0, 0.05) is 60.6 Å². The molecule has 0 fully saturated rings. The first-order valence-corrected chi connectivity index (χ1v) is 0. The maximum absolute atomic E-state index is 0. The molecule has 0 rings (SSSR count). The van der Waals surface area contributed by atoms with E-state index in [2.05, 4.69) is 0 Å². The van der Waals surface area contributed by atoms with Crippen molar-refractivity contribution >= 4 is 51.4 Å². The molecule has 0 amide bonds. The molecule has 1 radical (unpaired) electrons. The zero-order valence-corrected chi connectivity index (χ0v) is 11.2. The molecule has 0 saturated carbocycles. The smallest absolute Gasteiger partial charge is 1.00 e. The van der Waals surface area contributed by atoms with Gasteiger partial charge in [-0.25, -0.2) is 0 Å². The van der Waals surface area contributed by atoms with E-state index in [0.717, 1.165) is 0 Å². The molecule has 0 aliphatic rings. The Morgan fingerprint density at radius 3 is 1.17 bits per heavy atom. The van der Waals surface area contributed by atoms with Crippen molar-refractivity contribution in [1.29, 1.82) is 0 Å². The van der Waals surface area contributed by atoms with Crippen molar-refractivity contribution in [2.45, 2.75) is 0 Å². The molecule has 0 aliphatic carbocycles. The monoisotopic (exact) mass is 285 g/mol. The molecule has 6 heavy (non-hydrogen) atoms. The van der Waals surface area contributed by atoms with E-state index in [1.165, 1.54) is 0 Å². The predicted octanol–water partition coefficient (Wildman–Crippen LogP) is -2.53. The Hall–Kier alpha value is 3.45. The standard InChI is InChI=1S/Al.Cr.Fe.Mg.H3Si.Zr.5H/h;;;;1H3;;;;;;/q;;;+2;;;;;;2*-1. The molecule has 0 spiro atoms. The second-order valence-electron chi connectivity index (χ2n) is 0. The molecule has 0 nitrogen and oxygen atoms in total. The van der Waals surface area contributed by atoms with Gasteiger partial charge in [0.25, 0.3) is 0 Å². The Balaban J connectivity index is 0. The van der Waals surface area contributed by atoms with E-state index in [-0.39, 0.29) is 115 Å². The fourth-order valence-corrected chi connectivity index (χ4v) is 0. The van der Waals surface area contributed by atoms with Gasteiger partial charge in [-0.1, -0.05) is 0 Å². The number of hydrogen-bond donors (Lipinski definition) is 0. The molecule has 6 heteroatoms. The van der Waals surface area contributed by atoms with Gasteiger partial charge in [0.2, 0.25) is 0 Å². The van der Waals surface area contributed by atoms with Gasteiger partial charge in [0.15, 0.2) is 17.4 Å². The van der Waals surface area contributed by atoms with Crippen LogP contribution in [0.1, 0.15) is 2.85 Å². The van der Waals surface area contributed by atoms with Gasteiger partial charge < -0.3 is 2.85 Å². The van der Waals surface area contributed by atoms with E-state index in [1.807, 2.05) is 0 Å². The third kappa shape index (κ3) is 26.0. The van der Waals surface area contributed by atoms with Crippen LogP contribution in [0.2, 0.25) is 0 Å². The van der Waals surface area contributed by atoms with Gasteiger partial charge >= 0.3 is 23.1 Å². The molecule has 0 atom stereocenters. The van der Waals surface area contributed by atoms with Gasteiger partial charge in [-0.2, -0.15) is 0 Å². The summed E-state index contributed by atoms with van der Waals surface area (Å²) in [5.74, 6) is 0. The molecule has 0 aromatic carbocycles. The number of hydrogen-bond acceptors (Lipinski definition) is 0. The van der Waals surface area contributed by atoms with E-state index in [0.29, 0.717) is 0 Å². The summed E-state index contributed by atoms with van der Waals surface area (Å²) in [6.07, 6.45) is 0. The fraction of sp³-hybridized carbons (Fsp3) is 0. The molecule has 0 aromatic heterocycles. The quantitative estimate of drug-likeness (QED) is 0.431. The second kappa shape index (κ2) is 39.4. The van der Waals surface area contributed by atoms with Crippen molar-refractivity contribution < 1.29 is 63.5 Å². The maximum atomic E-state index is 0. The minimum absolute atomic E-state index is 0. The normalized spacial score (nSPS) is 0. The molecule has 0 aromatic rings. The Kier molecular flexibility index (Phi) is 372. The molecule has 35 valence electrons. The summed E-state index contributed by atoms with van der Waals surface area (Å²) in [7, 11) is 0. The van der Waals surface area contributed by atoms with Crippen LogP contribution in [0, 0.1) is 0 Å². The third-order valence-corrected chi connectivity index (χ3v) is 0. The average Bonchev–Trinajstić information content (AvgIpc) is 0. The SMILES string of the molecule is [AlH3].[Cr].[Fe].[H-].[H-].[Mg+2].[SiH3].[Zr]. The van der Waals surface area contributed by atoms with Gasteiger partial charge in [0.1, 0.15) is 0 Å². The third-order valence-electron chi connectivity index (χ3n) is 0. The first-order valence-electron chi connectivity index (χ1n) is 0. The van der Waals surface area contributed by atoms with Gasteiger partial charge in [0.05, 0.1) is 0 Å². The Labute approximate surface area is 113 Å².